The van der Waals surface area contributed by atoms with Crippen LogP contribution in [0.15, 0.2) is 84.0 Å². The number of aromatic carboxylic acids is 1. The zero-order valence-corrected chi connectivity index (χ0v) is 20.9. The summed E-state index contributed by atoms with van der Waals surface area (Å²) in [6.45, 7) is 3.92. The molecule has 10 nitrogen and oxygen atoms in total. The van der Waals surface area contributed by atoms with E-state index < -0.39 is 16.8 Å². The topological polar surface area (TPSA) is 145 Å². The number of carbonyl (C=O) groups is 2. The number of phenols is 1. The Morgan fingerprint density at radius 2 is 1.67 bits per heavy atom. The van der Waals surface area contributed by atoms with Crippen molar-refractivity contribution in [1.82, 2.24) is 0 Å². The number of anilines is 3. The number of aromatic hydroxyl groups is 1. The van der Waals surface area contributed by atoms with Gasteiger partial charge in [0.2, 0.25) is 0 Å². The van der Waals surface area contributed by atoms with Crippen molar-refractivity contribution < 1.29 is 24.7 Å². The van der Waals surface area contributed by atoms with Gasteiger partial charge in [-0.1, -0.05) is 47.5 Å². The van der Waals surface area contributed by atoms with Gasteiger partial charge in [-0.25, -0.2) is 4.79 Å². The molecule has 4 aromatic rings. The van der Waals surface area contributed by atoms with E-state index >= 15 is 0 Å². The molecule has 0 radical (unpaired) electrons. The third-order valence-corrected chi connectivity index (χ3v) is 6.30. The normalized spacial score (nSPS) is 13.4. The van der Waals surface area contributed by atoms with Gasteiger partial charge in [0, 0.05) is 23.3 Å². The molecule has 5 rings (SSSR count). The van der Waals surface area contributed by atoms with Crippen LogP contribution in [0.5, 0.6) is 5.75 Å². The Hall–Kier alpha value is -5.51. The van der Waals surface area contributed by atoms with Crippen LogP contribution in [-0.2, 0) is 4.79 Å². The number of carboxylic acid groups (broad SMARTS) is 1. The number of aryl methyl sites for hydroxylation is 2. The van der Waals surface area contributed by atoms with Gasteiger partial charge >= 0.3 is 5.97 Å². The summed E-state index contributed by atoms with van der Waals surface area (Å²) in [5.41, 5.74) is 6.76. The number of carboxylic acids is 1. The molecule has 39 heavy (non-hydrogen) atoms. The molecule has 1 heterocycles. The first-order valence-electron chi connectivity index (χ1n) is 11.8. The third-order valence-electron chi connectivity index (χ3n) is 6.30. The summed E-state index contributed by atoms with van der Waals surface area (Å²) in [5.74, 6) is -1.87. The molecular weight excluding hydrogens is 500 g/mol. The van der Waals surface area contributed by atoms with Crippen molar-refractivity contribution in [2.45, 2.75) is 13.8 Å². The van der Waals surface area contributed by atoms with E-state index in [1.54, 1.807) is 24.3 Å². The Balaban J connectivity index is 1.58. The van der Waals surface area contributed by atoms with Crippen molar-refractivity contribution in [3.05, 3.63) is 111 Å². The lowest BCUT2D eigenvalue weighted by Gasteiger charge is -2.17. The molecule has 0 spiro atoms. The number of phenolic OH excluding ortho intramolecular Hbond substituents is 1. The fourth-order valence-electron chi connectivity index (χ4n) is 4.61. The quantitative estimate of drug-likeness (QED) is 0.165. The molecule has 0 fully saturated rings. The molecule has 0 unspecified atom stereocenters. The Morgan fingerprint density at radius 3 is 2.36 bits per heavy atom. The number of nitrogens with zero attached hydrogens (tertiary/aromatic N) is 3. The Bertz CT molecular complexity index is 1690. The Labute approximate surface area is 222 Å². The summed E-state index contributed by atoms with van der Waals surface area (Å²) in [5, 5.41) is 36.1. The van der Waals surface area contributed by atoms with E-state index in [0.717, 1.165) is 16.7 Å². The van der Waals surface area contributed by atoms with Crippen LogP contribution in [0.4, 0.5) is 22.7 Å². The smallest absolute Gasteiger partial charge is 0.335 e. The van der Waals surface area contributed by atoms with Crippen molar-refractivity contribution >= 4 is 40.3 Å². The predicted molar refractivity (Wildman–Crippen MR) is 147 cm³/mol. The van der Waals surface area contributed by atoms with Gasteiger partial charge in [-0.15, -0.1) is 0 Å². The molecule has 0 bridgehead atoms. The molecule has 0 aliphatic carbocycles. The fourth-order valence-corrected chi connectivity index (χ4v) is 4.61. The summed E-state index contributed by atoms with van der Waals surface area (Å²) in [4.78, 5) is 37.2. The zero-order chi connectivity index (χ0) is 27.8. The first-order chi connectivity index (χ1) is 18.6. The first kappa shape index (κ1) is 25.2. The second kappa shape index (κ2) is 9.75. The van der Waals surface area contributed by atoms with E-state index in [4.69, 9.17) is 0 Å². The van der Waals surface area contributed by atoms with Crippen molar-refractivity contribution in [1.29, 1.82) is 0 Å². The summed E-state index contributed by atoms with van der Waals surface area (Å²) in [6.07, 6.45) is 0. The lowest BCUT2D eigenvalue weighted by molar-refractivity contribution is -0.384. The molecule has 3 N–H and O–H groups in total. The van der Waals surface area contributed by atoms with Crippen LogP contribution in [0.25, 0.3) is 11.1 Å². The van der Waals surface area contributed by atoms with Gasteiger partial charge in [-0.2, -0.15) is 5.10 Å². The highest BCUT2D eigenvalue weighted by Gasteiger charge is 2.37. The average Bonchev–Trinajstić information content (AvgIpc) is 3.17. The number of nitrogens with one attached hydrogen (secondary N) is 1. The molecule has 1 aliphatic rings. The maximum Gasteiger partial charge on any atom is 0.335 e. The number of hydrazone groups is 1. The predicted octanol–water partition coefficient (Wildman–Crippen LogP) is 5.78. The molecule has 10 heteroatoms. The number of amides is 1. The summed E-state index contributed by atoms with van der Waals surface area (Å²) >= 11 is 0. The second-order valence-corrected chi connectivity index (χ2v) is 9.10. The molecule has 0 saturated carbocycles. The number of fused-ring (bicyclic) bond motifs is 1. The van der Waals surface area contributed by atoms with E-state index in [1.807, 2.05) is 32.0 Å². The SMILES string of the molecule is Cc1cc(C)cc(-c2cccc(NN=C3C(=O)N(c4cccc(C(=O)O)c4)c4ccc([N+](=O)[O-])cc43)c2O)c1. The average molecular weight is 523 g/mol. The number of benzene rings is 4. The molecule has 1 amide bonds. The molecule has 1 aliphatic heterocycles. The molecule has 4 aromatic carbocycles. The minimum Gasteiger partial charge on any atom is -0.505 e. The molecule has 194 valence electrons. The highest BCUT2D eigenvalue weighted by molar-refractivity contribution is 6.55. The van der Waals surface area contributed by atoms with E-state index in [1.165, 1.54) is 41.3 Å². The maximum atomic E-state index is 13.6. The van der Waals surface area contributed by atoms with Gasteiger partial charge in [0.25, 0.3) is 11.6 Å². The monoisotopic (exact) mass is 522 g/mol. The third kappa shape index (κ3) is 4.66. The minimum absolute atomic E-state index is 0.0274. The van der Waals surface area contributed by atoms with Gasteiger partial charge in [0.05, 0.1) is 27.5 Å². The van der Waals surface area contributed by atoms with E-state index in [9.17, 15) is 29.9 Å². The van der Waals surface area contributed by atoms with Gasteiger partial charge in [0.1, 0.15) is 5.75 Å². The minimum atomic E-state index is -1.16. The number of hydrogen-bond donors (Lipinski definition) is 3. The van der Waals surface area contributed by atoms with Gasteiger partial charge in [-0.3, -0.25) is 25.2 Å². The molecular formula is C29H22N4O6. The lowest BCUT2D eigenvalue weighted by Crippen LogP contribution is -2.26. The van der Waals surface area contributed by atoms with E-state index in [2.05, 4.69) is 10.5 Å². The van der Waals surface area contributed by atoms with Gasteiger partial charge < -0.3 is 10.2 Å². The van der Waals surface area contributed by atoms with Crippen molar-refractivity contribution in [3.8, 4) is 16.9 Å². The number of rotatable bonds is 6. The summed E-state index contributed by atoms with van der Waals surface area (Å²) in [6, 6.07) is 20.7. The van der Waals surface area contributed by atoms with Crippen molar-refractivity contribution in [3.63, 3.8) is 0 Å². The van der Waals surface area contributed by atoms with Gasteiger partial charge in [-0.05, 0) is 49.7 Å². The standard InChI is InChI=1S/C29H22N4O6/c1-16-11-17(2)13-19(12-16)22-7-4-8-24(27(22)34)30-31-26-23-15-21(33(38)39)9-10-25(23)32(28(26)35)20-6-3-5-18(14-20)29(36)37/h3-15,30,34H,1-2H3,(H,36,37). The number of hydrogen-bond acceptors (Lipinski definition) is 7. The van der Waals surface area contributed by atoms with Crippen LogP contribution in [-0.4, -0.2) is 32.7 Å². The Morgan fingerprint density at radius 1 is 0.949 bits per heavy atom. The van der Waals surface area contributed by atoms with Crippen LogP contribution in [0.3, 0.4) is 0 Å². The molecule has 0 atom stereocenters. The van der Waals surface area contributed by atoms with Crippen molar-refractivity contribution in [2.75, 3.05) is 10.3 Å². The highest BCUT2D eigenvalue weighted by Crippen LogP contribution is 2.39. The number of non-ortho nitro benzene ring substituents is 1. The Kier molecular flexibility index (Phi) is 6.29. The zero-order valence-electron chi connectivity index (χ0n) is 20.9. The number of para-hydroxylation sites is 1. The van der Waals surface area contributed by atoms with Crippen LogP contribution in [0, 0.1) is 24.0 Å². The first-order valence-corrected chi connectivity index (χ1v) is 11.8. The molecule has 0 aromatic heterocycles. The lowest BCUT2D eigenvalue weighted by atomic mass is 9.99. The van der Waals surface area contributed by atoms with Crippen LogP contribution >= 0.6 is 0 Å². The fraction of sp³-hybridized carbons (Fsp3) is 0.0690. The second-order valence-electron chi connectivity index (χ2n) is 9.10. The van der Waals surface area contributed by atoms with Crippen LogP contribution in [0.2, 0.25) is 0 Å². The summed E-state index contributed by atoms with van der Waals surface area (Å²) in [7, 11) is 0. The number of carbonyl (C=O) groups excluding carboxylic acids is 1. The summed E-state index contributed by atoms with van der Waals surface area (Å²) < 4.78 is 0. The highest BCUT2D eigenvalue weighted by atomic mass is 16.6. The van der Waals surface area contributed by atoms with Crippen molar-refractivity contribution in [2.24, 2.45) is 5.10 Å². The largest absolute Gasteiger partial charge is 0.505 e. The van der Waals surface area contributed by atoms with Crippen LogP contribution < -0.4 is 10.3 Å². The van der Waals surface area contributed by atoms with E-state index in [-0.39, 0.29) is 39.7 Å². The number of nitro benzene ring substituents is 1. The maximum absolute atomic E-state index is 13.6. The number of nitro groups is 1. The van der Waals surface area contributed by atoms with Crippen LogP contribution in [0.1, 0.15) is 27.0 Å². The van der Waals surface area contributed by atoms with E-state index in [0.29, 0.717) is 11.3 Å². The molecule has 0 saturated heterocycles. The van der Waals surface area contributed by atoms with Gasteiger partial charge in [0.15, 0.2) is 5.71 Å².